The third-order valence-electron chi connectivity index (χ3n) is 5.09. The highest BCUT2D eigenvalue weighted by Crippen LogP contribution is 2.46. The zero-order valence-electron chi connectivity index (χ0n) is 13.4. The second-order valence-corrected chi connectivity index (χ2v) is 6.13. The van der Waals surface area contributed by atoms with Crippen molar-refractivity contribution in [3.05, 3.63) is 48.2 Å². The van der Waals surface area contributed by atoms with Gasteiger partial charge in [-0.05, 0) is 18.1 Å². The second-order valence-electron chi connectivity index (χ2n) is 6.13. The minimum Gasteiger partial charge on any atom is -0.469 e. The highest BCUT2D eigenvalue weighted by atomic mass is 16.7. The van der Waals surface area contributed by atoms with Gasteiger partial charge in [-0.2, -0.15) is 5.06 Å². The molecule has 1 aromatic carbocycles. The van der Waals surface area contributed by atoms with E-state index in [9.17, 15) is 4.79 Å². The van der Waals surface area contributed by atoms with Crippen LogP contribution in [0.15, 0.2) is 36.9 Å². The number of carbonyl (C=O) groups is 1. The molecule has 1 aromatic heterocycles. The van der Waals surface area contributed by atoms with Gasteiger partial charge in [0.1, 0.15) is 12.0 Å². The van der Waals surface area contributed by atoms with Crippen LogP contribution in [0.25, 0.3) is 10.9 Å². The summed E-state index contributed by atoms with van der Waals surface area (Å²) in [5.41, 5.74) is 3.65. The summed E-state index contributed by atoms with van der Waals surface area (Å²) in [6.45, 7) is 4.59. The number of aromatic nitrogens is 1. The molecule has 0 amide bonds. The van der Waals surface area contributed by atoms with E-state index in [-0.39, 0.29) is 24.0 Å². The highest BCUT2D eigenvalue weighted by Gasteiger charge is 2.51. The molecular formula is C18H20N2O3. The lowest BCUT2D eigenvalue weighted by molar-refractivity contribution is -0.155. The predicted molar refractivity (Wildman–Crippen MR) is 86.6 cm³/mol. The number of para-hydroxylation sites is 1. The van der Waals surface area contributed by atoms with Gasteiger partial charge < -0.3 is 9.30 Å². The van der Waals surface area contributed by atoms with Crippen molar-refractivity contribution in [1.82, 2.24) is 9.63 Å². The maximum Gasteiger partial charge on any atom is 0.313 e. The van der Waals surface area contributed by atoms with Crippen LogP contribution in [0.1, 0.15) is 17.3 Å². The van der Waals surface area contributed by atoms with Gasteiger partial charge >= 0.3 is 5.97 Å². The average molecular weight is 312 g/mol. The fourth-order valence-electron chi connectivity index (χ4n) is 4.09. The molecule has 2 aromatic rings. The summed E-state index contributed by atoms with van der Waals surface area (Å²) in [5, 5.41) is 3.19. The Balaban J connectivity index is 1.92. The van der Waals surface area contributed by atoms with Gasteiger partial charge in [-0.25, -0.2) is 0 Å². The number of aryl methyl sites for hydroxylation is 1. The standard InChI is InChI=1S/C18H20N2O3/c1-4-14-15(18(21)22-3)17-16-12(9-10-20(17)23-14)11-7-5-6-8-13(11)19(16)2/h4-8,14-15,17H,1,9-10H2,2-3H3/t14-,15-,17-/m0/s1. The summed E-state index contributed by atoms with van der Waals surface area (Å²) in [7, 11) is 3.48. The van der Waals surface area contributed by atoms with Gasteiger partial charge in [-0.1, -0.05) is 24.3 Å². The largest absolute Gasteiger partial charge is 0.469 e. The van der Waals surface area contributed by atoms with Gasteiger partial charge in [-0.3, -0.25) is 9.63 Å². The summed E-state index contributed by atoms with van der Waals surface area (Å²) >= 11 is 0. The molecule has 0 spiro atoms. The number of hydroxylamine groups is 2. The van der Waals surface area contributed by atoms with Crippen LogP contribution in [-0.4, -0.2) is 35.4 Å². The van der Waals surface area contributed by atoms with E-state index in [1.807, 2.05) is 11.1 Å². The Labute approximate surface area is 135 Å². The van der Waals surface area contributed by atoms with Crippen molar-refractivity contribution in [2.75, 3.05) is 13.7 Å². The van der Waals surface area contributed by atoms with E-state index in [0.29, 0.717) is 0 Å². The highest BCUT2D eigenvalue weighted by molar-refractivity contribution is 5.86. The Morgan fingerprint density at radius 3 is 2.96 bits per heavy atom. The summed E-state index contributed by atoms with van der Waals surface area (Å²) in [4.78, 5) is 18.3. The molecule has 0 N–H and O–H groups in total. The molecule has 120 valence electrons. The number of benzene rings is 1. The number of rotatable bonds is 2. The van der Waals surface area contributed by atoms with Crippen molar-refractivity contribution >= 4 is 16.9 Å². The molecule has 1 saturated heterocycles. The molecule has 0 aliphatic carbocycles. The Kier molecular flexibility index (Phi) is 3.28. The maximum atomic E-state index is 12.4. The third kappa shape index (κ3) is 1.90. The number of ether oxygens (including phenoxy) is 1. The van der Waals surface area contributed by atoms with Crippen LogP contribution in [-0.2, 0) is 27.8 Å². The fourth-order valence-corrected chi connectivity index (χ4v) is 4.09. The van der Waals surface area contributed by atoms with Gasteiger partial charge in [0.05, 0.1) is 13.2 Å². The molecular weight excluding hydrogens is 292 g/mol. The number of hydrogen-bond acceptors (Lipinski definition) is 4. The number of hydrogen-bond donors (Lipinski definition) is 0. The molecule has 5 nitrogen and oxygen atoms in total. The van der Waals surface area contributed by atoms with Crippen LogP contribution in [0.4, 0.5) is 0 Å². The topological polar surface area (TPSA) is 43.7 Å². The van der Waals surface area contributed by atoms with E-state index in [1.54, 1.807) is 6.08 Å². The van der Waals surface area contributed by atoms with Crippen LogP contribution in [0.2, 0.25) is 0 Å². The Morgan fingerprint density at radius 1 is 1.43 bits per heavy atom. The molecule has 3 atom stereocenters. The van der Waals surface area contributed by atoms with E-state index >= 15 is 0 Å². The first-order chi connectivity index (χ1) is 11.2. The van der Waals surface area contributed by atoms with Crippen molar-refractivity contribution in [3.63, 3.8) is 0 Å². The van der Waals surface area contributed by atoms with E-state index in [0.717, 1.165) is 18.7 Å². The van der Waals surface area contributed by atoms with Crippen LogP contribution in [0.3, 0.4) is 0 Å². The second kappa shape index (κ2) is 5.22. The first kappa shape index (κ1) is 14.5. The van der Waals surface area contributed by atoms with Crippen molar-refractivity contribution in [1.29, 1.82) is 0 Å². The number of esters is 1. The Morgan fingerprint density at radius 2 is 2.22 bits per heavy atom. The van der Waals surface area contributed by atoms with Gasteiger partial charge in [0.25, 0.3) is 0 Å². The molecule has 0 radical (unpaired) electrons. The number of nitrogens with zero attached hydrogens (tertiary/aromatic N) is 2. The van der Waals surface area contributed by atoms with E-state index in [4.69, 9.17) is 9.57 Å². The lowest BCUT2D eigenvalue weighted by atomic mass is 9.87. The molecule has 3 heterocycles. The Bertz CT molecular complexity index is 795. The molecule has 4 rings (SSSR count). The van der Waals surface area contributed by atoms with E-state index in [1.165, 1.54) is 23.6 Å². The quantitative estimate of drug-likeness (QED) is 0.631. The van der Waals surface area contributed by atoms with Gasteiger partial charge in [0.15, 0.2) is 0 Å². The van der Waals surface area contributed by atoms with Gasteiger partial charge in [-0.15, -0.1) is 6.58 Å². The lowest BCUT2D eigenvalue weighted by Gasteiger charge is -2.30. The molecule has 5 heteroatoms. The van der Waals surface area contributed by atoms with Crippen molar-refractivity contribution < 1.29 is 14.4 Å². The molecule has 2 aliphatic rings. The Hall–Kier alpha value is -2.11. The zero-order chi connectivity index (χ0) is 16.1. The van der Waals surface area contributed by atoms with Crippen LogP contribution < -0.4 is 0 Å². The van der Waals surface area contributed by atoms with E-state index < -0.39 is 0 Å². The van der Waals surface area contributed by atoms with Crippen LogP contribution in [0, 0.1) is 5.92 Å². The third-order valence-corrected chi connectivity index (χ3v) is 5.09. The normalized spacial score (nSPS) is 26.8. The maximum absolute atomic E-state index is 12.4. The van der Waals surface area contributed by atoms with E-state index in [2.05, 4.69) is 36.4 Å². The summed E-state index contributed by atoms with van der Waals surface area (Å²) in [6, 6.07) is 8.24. The predicted octanol–water partition coefficient (Wildman–Crippen LogP) is 2.37. The van der Waals surface area contributed by atoms with Gasteiger partial charge in [0, 0.05) is 30.2 Å². The minimum atomic E-state index is -0.389. The SMILES string of the molecule is C=C[C@@H]1ON2CCc3c(n(C)c4ccccc34)[C@@H]2[C@H]1C(=O)OC. The van der Waals surface area contributed by atoms with Crippen molar-refractivity contribution in [2.45, 2.75) is 18.6 Å². The van der Waals surface area contributed by atoms with Crippen molar-refractivity contribution in [2.24, 2.45) is 13.0 Å². The molecule has 1 fully saturated rings. The summed E-state index contributed by atoms with van der Waals surface area (Å²) in [5.74, 6) is -0.639. The van der Waals surface area contributed by atoms with Gasteiger partial charge in [0.2, 0.25) is 0 Å². The number of carbonyl (C=O) groups excluding carboxylic acids is 1. The molecule has 0 unspecified atom stereocenters. The van der Waals surface area contributed by atoms with Crippen molar-refractivity contribution in [3.8, 4) is 0 Å². The molecule has 0 bridgehead atoms. The van der Waals surface area contributed by atoms with Crippen LogP contribution in [0.5, 0.6) is 0 Å². The zero-order valence-corrected chi connectivity index (χ0v) is 13.4. The monoisotopic (exact) mass is 312 g/mol. The smallest absolute Gasteiger partial charge is 0.313 e. The molecule has 23 heavy (non-hydrogen) atoms. The first-order valence-corrected chi connectivity index (χ1v) is 7.87. The summed E-state index contributed by atoms with van der Waals surface area (Å²) in [6.07, 6.45) is 2.25. The fraction of sp³-hybridized carbons (Fsp3) is 0.389. The lowest BCUT2D eigenvalue weighted by Crippen LogP contribution is -2.36. The first-order valence-electron chi connectivity index (χ1n) is 7.87. The number of fused-ring (bicyclic) bond motifs is 5. The molecule has 0 saturated carbocycles. The number of methoxy groups -OCH3 is 1. The minimum absolute atomic E-state index is 0.133. The summed E-state index contributed by atoms with van der Waals surface area (Å²) < 4.78 is 7.23. The average Bonchev–Trinajstić information content (AvgIpc) is 3.10. The molecule has 2 aliphatic heterocycles. The van der Waals surface area contributed by atoms with Crippen LogP contribution >= 0.6 is 0 Å².